The molecule has 0 amide bonds. The fraction of sp³-hybridized carbons (Fsp3) is 0.545. The first kappa shape index (κ1) is 12.1. The summed E-state index contributed by atoms with van der Waals surface area (Å²) in [7, 11) is 0. The Morgan fingerprint density at radius 3 is 2.38 bits per heavy atom. The summed E-state index contributed by atoms with van der Waals surface area (Å²) >= 11 is 12.2. The van der Waals surface area contributed by atoms with Gasteiger partial charge in [-0.3, -0.25) is 4.98 Å². The molecule has 1 aliphatic rings. The van der Waals surface area contributed by atoms with Crippen LogP contribution in [-0.4, -0.2) is 18.1 Å². The molecule has 0 saturated carbocycles. The molecular formula is C11H15Cl2N3. The van der Waals surface area contributed by atoms with Crippen molar-refractivity contribution in [2.45, 2.75) is 18.9 Å². The van der Waals surface area contributed by atoms with Crippen LogP contribution in [0.1, 0.15) is 24.4 Å². The molecule has 0 spiro atoms. The summed E-state index contributed by atoms with van der Waals surface area (Å²) in [4.78, 5) is 3.94. The number of nitrogens with two attached hydrogens (primary N) is 1. The molecule has 1 aromatic rings. The molecule has 0 unspecified atom stereocenters. The van der Waals surface area contributed by atoms with E-state index in [1.54, 1.807) is 12.4 Å². The predicted octanol–water partition coefficient (Wildman–Crippen LogP) is 2.39. The SMILES string of the molecule is N[C@@H](c1c(Cl)cncc1Cl)C1CCNCC1. The minimum atomic E-state index is -0.0925. The van der Waals surface area contributed by atoms with Gasteiger partial charge in [-0.25, -0.2) is 0 Å². The summed E-state index contributed by atoms with van der Waals surface area (Å²) in [6, 6.07) is -0.0925. The number of halogens is 2. The number of aromatic nitrogens is 1. The zero-order valence-corrected chi connectivity index (χ0v) is 10.4. The van der Waals surface area contributed by atoms with E-state index in [0.717, 1.165) is 31.5 Å². The number of pyridine rings is 1. The molecule has 2 rings (SSSR count). The Hall–Kier alpha value is -0.350. The van der Waals surface area contributed by atoms with E-state index in [-0.39, 0.29) is 6.04 Å². The molecule has 16 heavy (non-hydrogen) atoms. The van der Waals surface area contributed by atoms with Crippen LogP contribution in [0.3, 0.4) is 0 Å². The fourth-order valence-electron chi connectivity index (χ4n) is 2.18. The van der Waals surface area contributed by atoms with E-state index in [0.29, 0.717) is 16.0 Å². The van der Waals surface area contributed by atoms with E-state index in [4.69, 9.17) is 28.9 Å². The molecule has 1 aromatic heterocycles. The van der Waals surface area contributed by atoms with Crippen molar-refractivity contribution in [1.82, 2.24) is 10.3 Å². The molecule has 1 saturated heterocycles. The molecule has 1 atom stereocenters. The maximum Gasteiger partial charge on any atom is 0.0652 e. The van der Waals surface area contributed by atoms with Crippen LogP contribution >= 0.6 is 23.2 Å². The van der Waals surface area contributed by atoms with Gasteiger partial charge in [0.1, 0.15) is 0 Å². The number of nitrogens with one attached hydrogen (secondary N) is 1. The van der Waals surface area contributed by atoms with Crippen molar-refractivity contribution in [2.24, 2.45) is 11.7 Å². The lowest BCUT2D eigenvalue weighted by molar-refractivity contribution is 0.322. The molecule has 2 heterocycles. The van der Waals surface area contributed by atoms with Gasteiger partial charge < -0.3 is 11.1 Å². The minimum absolute atomic E-state index is 0.0925. The zero-order chi connectivity index (χ0) is 11.5. The molecule has 0 radical (unpaired) electrons. The van der Waals surface area contributed by atoms with Crippen LogP contribution in [0.5, 0.6) is 0 Å². The Labute approximate surface area is 105 Å². The number of nitrogens with zero attached hydrogens (tertiary/aromatic N) is 1. The van der Waals surface area contributed by atoms with E-state index >= 15 is 0 Å². The van der Waals surface area contributed by atoms with E-state index < -0.39 is 0 Å². The number of piperidine rings is 1. The van der Waals surface area contributed by atoms with Crippen molar-refractivity contribution in [3.05, 3.63) is 28.0 Å². The first-order valence-electron chi connectivity index (χ1n) is 5.45. The van der Waals surface area contributed by atoms with E-state index in [1.165, 1.54) is 0 Å². The number of hydrogen-bond donors (Lipinski definition) is 2. The summed E-state index contributed by atoms with van der Waals surface area (Å²) in [5.74, 6) is 0.443. The Kier molecular flexibility index (Phi) is 4.03. The van der Waals surface area contributed by atoms with Gasteiger partial charge in [0.2, 0.25) is 0 Å². The average molecular weight is 260 g/mol. The highest BCUT2D eigenvalue weighted by Gasteiger charge is 2.25. The summed E-state index contributed by atoms with van der Waals surface area (Å²) in [6.45, 7) is 2.03. The van der Waals surface area contributed by atoms with Crippen LogP contribution < -0.4 is 11.1 Å². The maximum atomic E-state index is 6.25. The quantitative estimate of drug-likeness (QED) is 0.858. The Balaban J connectivity index is 2.22. The Morgan fingerprint density at radius 1 is 1.25 bits per heavy atom. The van der Waals surface area contributed by atoms with Crippen LogP contribution in [-0.2, 0) is 0 Å². The smallest absolute Gasteiger partial charge is 0.0652 e. The van der Waals surface area contributed by atoms with Crippen molar-refractivity contribution in [2.75, 3.05) is 13.1 Å². The second-order valence-corrected chi connectivity index (χ2v) is 4.94. The Morgan fingerprint density at radius 2 is 1.81 bits per heavy atom. The van der Waals surface area contributed by atoms with Crippen LogP contribution in [0.15, 0.2) is 12.4 Å². The van der Waals surface area contributed by atoms with Gasteiger partial charge >= 0.3 is 0 Å². The van der Waals surface area contributed by atoms with Gasteiger partial charge in [-0.2, -0.15) is 0 Å². The molecule has 5 heteroatoms. The first-order chi connectivity index (χ1) is 7.70. The Bertz CT molecular complexity index is 344. The standard InChI is InChI=1S/C11H15Cl2N3/c12-8-5-16-6-9(13)10(8)11(14)7-1-3-15-4-2-7/h5-7,11,15H,1-4,14H2/t11-/m1/s1. The lowest BCUT2D eigenvalue weighted by Crippen LogP contribution is -2.34. The van der Waals surface area contributed by atoms with Gasteiger partial charge in [0.05, 0.1) is 10.0 Å². The molecule has 1 aliphatic heterocycles. The zero-order valence-electron chi connectivity index (χ0n) is 8.92. The van der Waals surface area contributed by atoms with Crippen molar-refractivity contribution in [3.63, 3.8) is 0 Å². The van der Waals surface area contributed by atoms with E-state index in [9.17, 15) is 0 Å². The van der Waals surface area contributed by atoms with Gasteiger partial charge in [-0.15, -0.1) is 0 Å². The summed E-state index contributed by atoms with van der Waals surface area (Å²) in [6.07, 6.45) is 5.33. The maximum absolute atomic E-state index is 6.25. The summed E-state index contributed by atoms with van der Waals surface area (Å²) in [5.41, 5.74) is 7.09. The highest BCUT2D eigenvalue weighted by molar-refractivity contribution is 6.35. The van der Waals surface area contributed by atoms with Gasteiger partial charge in [0, 0.05) is 24.0 Å². The minimum Gasteiger partial charge on any atom is -0.324 e. The van der Waals surface area contributed by atoms with E-state index in [2.05, 4.69) is 10.3 Å². The van der Waals surface area contributed by atoms with E-state index in [1.807, 2.05) is 0 Å². The summed E-state index contributed by atoms with van der Waals surface area (Å²) in [5, 5.41) is 4.45. The second-order valence-electron chi connectivity index (χ2n) is 4.13. The van der Waals surface area contributed by atoms with Gasteiger partial charge in [-0.05, 0) is 31.8 Å². The van der Waals surface area contributed by atoms with Crippen LogP contribution in [0.4, 0.5) is 0 Å². The third-order valence-corrected chi connectivity index (χ3v) is 3.72. The summed E-state index contributed by atoms with van der Waals surface area (Å²) < 4.78 is 0. The van der Waals surface area contributed by atoms with Gasteiger partial charge in [0.25, 0.3) is 0 Å². The highest BCUT2D eigenvalue weighted by Crippen LogP contribution is 2.34. The second kappa shape index (κ2) is 5.32. The molecule has 0 bridgehead atoms. The van der Waals surface area contributed by atoms with Crippen molar-refractivity contribution in [1.29, 1.82) is 0 Å². The normalized spacial score (nSPS) is 19.7. The lowest BCUT2D eigenvalue weighted by Gasteiger charge is -2.29. The first-order valence-corrected chi connectivity index (χ1v) is 6.21. The van der Waals surface area contributed by atoms with Crippen LogP contribution in [0, 0.1) is 5.92 Å². The molecule has 88 valence electrons. The highest BCUT2D eigenvalue weighted by atomic mass is 35.5. The van der Waals surface area contributed by atoms with Gasteiger partial charge in [0.15, 0.2) is 0 Å². The number of hydrogen-bond acceptors (Lipinski definition) is 3. The third-order valence-electron chi connectivity index (χ3n) is 3.12. The topological polar surface area (TPSA) is 50.9 Å². The molecule has 0 aromatic carbocycles. The largest absolute Gasteiger partial charge is 0.324 e. The molecule has 3 N–H and O–H groups in total. The van der Waals surface area contributed by atoms with Crippen molar-refractivity contribution < 1.29 is 0 Å². The number of rotatable bonds is 2. The molecule has 1 fully saturated rings. The fourth-order valence-corrected chi connectivity index (χ4v) is 2.80. The molecule has 3 nitrogen and oxygen atoms in total. The average Bonchev–Trinajstić information content (AvgIpc) is 2.30. The van der Waals surface area contributed by atoms with Crippen molar-refractivity contribution >= 4 is 23.2 Å². The lowest BCUT2D eigenvalue weighted by atomic mass is 9.87. The predicted molar refractivity (Wildman–Crippen MR) is 66.8 cm³/mol. The molecule has 0 aliphatic carbocycles. The van der Waals surface area contributed by atoms with Crippen LogP contribution in [0.2, 0.25) is 10.0 Å². The molecular weight excluding hydrogens is 245 g/mol. The van der Waals surface area contributed by atoms with Crippen LogP contribution in [0.25, 0.3) is 0 Å². The van der Waals surface area contributed by atoms with Crippen molar-refractivity contribution in [3.8, 4) is 0 Å². The van der Waals surface area contributed by atoms with Gasteiger partial charge in [-0.1, -0.05) is 23.2 Å². The third kappa shape index (κ3) is 2.48. The monoisotopic (exact) mass is 259 g/mol.